The van der Waals surface area contributed by atoms with Crippen molar-refractivity contribution < 1.29 is 5.11 Å². The minimum Gasteiger partial charge on any atom is -0.385 e. The van der Waals surface area contributed by atoms with Crippen LogP contribution < -0.4 is 0 Å². The van der Waals surface area contributed by atoms with Crippen molar-refractivity contribution in [1.29, 1.82) is 0 Å². The van der Waals surface area contributed by atoms with E-state index >= 15 is 0 Å². The Bertz CT molecular complexity index is 151. The first-order chi connectivity index (χ1) is 5.98. The van der Waals surface area contributed by atoms with Crippen LogP contribution in [0.4, 0.5) is 0 Å². The number of hydrogen-bond acceptors (Lipinski definition) is 1. The molecule has 0 aromatic heterocycles. The summed E-state index contributed by atoms with van der Waals surface area (Å²) in [7, 11) is 0. The normalized spacial score (nSPS) is 15.2. The van der Waals surface area contributed by atoms with Crippen molar-refractivity contribution in [1.82, 2.24) is 0 Å². The second kappa shape index (κ2) is 6.94. The molecular formula is C9H15Cl3O. The molecule has 0 spiro atoms. The van der Waals surface area contributed by atoms with E-state index in [1.54, 1.807) is 0 Å². The zero-order valence-electron chi connectivity index (χ0n) is 7.64. The molecule has 78 valence electrons. The number of aliphatic hydroxyl groups excluding tert-OH is 1. The molecule has 0 heterocycles. The van der Waals surface area contributed by atoms with Crippen LogP contribution in [0.5, 0.6) is 0 Å². The summed E-state index contributed by atoms with van der Waals surface area (Å²) < 4.78 is -1.61. The number of rotatable bonds is 5. The van der Waals surface area contributed by atoms with Crippen molar-refractivity contribution in [3.05, 3.63) is 12.2 Å². The van der Waals surface area contributed by atoms with E-state index in [9.17, 15) is 5.11 Å². The lowest BCUT2D eigenvalue weighted by molar-refractivity contribution is 0.227. The molecule has 0 aliphatic heterocycles. The van der Waals surface area contributed by atoms with Crippen LogP contribution in [0.25, 0.3) is 0 Å². The lowest BCUT2D eigenvalue weighted by Gasteiger charge is -2.14. The maximum Gasteiger partial charge on any atom is 0.219 e. The van der Waals surface area contributed by atoms with E-state index in [0.717, 1.165) is 12.8 Å². The van der Waals surface area contributed by atoms with Gasteiger partial charge in [0.15, 0.2) is 0 Å². The Kier molecular flexibility index (Phi) is 7.25. The fourth-order valence-corrected chi connectivity index (χ4v) is 1.06. The van der Waals surface area contributed by atoms with Crippen LogP contribution >= 0.6 is 34.8 Å². The molecule has 0 aromatic carbocycles. The molecule has 0 fully saturated rings. The highest BCUT2D eigenvalue weighted by atomic mass is 35.6. The summed E-state index contributed by atoms with van der Waals surface area (Å²) in [4.78, 5) is 0. The number of aliphatic hydroxyl groups is 1. The second-order valence-electron chi connectivity index (χ2n) is 2.91. The van der Waals surface area contributed by atoms with Gasteiger partial charge in [-0.2, -0.15) is 0 Å². The smallest absolute Gasteiger partial charge is 0.219 e. The van der Waals surface area contributed by atoms with Gasteiger partial charge in [0.05, 0.1) is 0 Å². The van der Waals surface area contributed by atoms with Crippen LogP contribution in [0.1, 0.15) is 32.6 Å². The summed E-state index contributed by atoms with van der Waals surface area (Å²) in [6.07, 6.45) is 6.77. The van der Waals surface area contributed by atoms with Gasteiger partial charge in [-0.3, -0.25) is 0 Å². The van der Waals surface area contributed by atoms with E-state index in [1.807, 2.05) is 6.08 Å². The number of unbranched alkanes of at least 4 members (excludes halogenated alkanes) is 3. The lowest BCUT2D eigenvalue weighted by atomic mass is 10.2. The highest BCUT2D eigenvalue weighted by Crippen LogP contribution is 2.30. The molecule has 0 aromatic rings. The first-order valence-corrected chi connectivity index (χ1v) is 5.53. The number of hydrogen-bond donors (Lipinski definition) is 1. The highest BCUT2D eigenvalue weighted by Gasteiger charge is 2.28. The van der Waals surface area contributed by atoms with Crippen molar-refractivity contribution in [2.45, 2.75) is 42.5 Å². The minimum absolute atomic E-state index is 0.922. The summed E-state index contributed by atoms with van der Waals surface area (Å²) in [5.41, 5.74) is 0. The highest BCUT2D eigenvalue weighted by molar-refractivity contribution is 6.68. The third kappa shape index (κ3) is 7.63. The quantitative estimate of drug-likeness (QED) is 0.443. The molecule has 13 heavy (non-hydrogen) atoms. The zero-order chi connectivity index (χ0) is 10.3. The van der Waals surface area contributed by atoms with E-state index in [0.29, 0.717) is 0 Å². The van der Waals surface area contributed by atoms with E-state index in [1.165, 1.54) is 18.9 Å². The van der Waals surface area contributed by atoms with Crippen LogP contribution in [0, 0.1) is 0 Å². The number of halogens is 3. The number of alkyl halides is 3. The molecule has 1 N–H and O–H groups in total. The van der Waals surface area contributed by atoms with Gasteiger partial charge < -0.3 is 5.11 Å². The monoisotopic (exact) mass is 244 g/mol. The standard InChI is InChI=1S/C9H15Cl3O/c1-2-3-4-5-6-7-8(13)9(10,11)12/h6-8,13H,2-5H2,1H3/b7-6+. The van der Waals surface area contributed by atoms with Crippen LogP contribution in [-0.2, 0) is 0 Å². The van der Waals surface area contributed by atoms with Gasteiger partial charge in [-0.15, -0.1) is 0 Å². The topological polar surface area (TPSA) is 20.2 Å². The molecule has 0 amide bonds. The molecule has 1 unspecified atom stereocenters. The number of allylic oxidation sites excluding steroid dienone is 1. The largest absolute Gasteiger partial charge is 0.385 e. The van der Waals surface area contributed by atoms with E-state index in [4.69, 9.17) is 34.8 Å². The van der Waals surface area contributed by atoms with Crippen LogP contribution in [0.15, 0.2) is 12.2 Å². The second-order valence-corrected chi connectivity index (χ2v) is 5.28. The molecule has 1 nitrogen and oxygen atoms in total. The van der Waals surface area contributed by atoms with Crippen molar-refractivity contribution in [3.8, 4) is 0 Å². The Labute approximate surface area is 94.7 Å². The summed E-state index contributed by atoms with van der Waals surface area (Å²) in [6, 6.07) is 0. The summed E-state index contributed by atoms with van der Waals surface area (Å²) in [5.74, 6) is 0. The van der Waals surface area contributed by atoms with Gasteiger partial charge in [0, 0.05) is 0 Å². The van der Waals surface area contributed by atoms with Gasteiger partial charge in [-0.05, 0) is 12.8 Å². The maximum absolute atomic E-state index is 9.26. The fourth-order valence-electron chi connectivity index (χ4n) is 0.846. The zero-order valence-corrected chi connectivity index (χ0v) is 9.91. The molecule has 0 aliphatic carbocycles. The van der Waals surface area contributed by atoms with E-state index in [2.05, 4.69) is 6.92 Å². The van der Waals surface area contributed by atoms with Crippen molar-refractivity contribution in [3.63, 3.8) is 0 Å². The average Bonchev–Trinajstić information content (AvgIpc) is 2.02. The molecule has 0 aliphatic rings. The molecule has 0 saturated carbocycles. The Morgan fingerprint density at radius 1 is 1.31 bits per heavy atom. The fraction of sp³-hybridized carbons (Fsp3) is 0.778. The molecule has 0 saturated heterocycles. The predicted molar refractivity (Wildman–Crippen MR) is 59.6 cm³/mol. The molecule has 0 bridgehead atoms. The van der Waals surface area contributed by atoms with Gasteiger partial charge in [0.1, 0.15) is 6.10 Å². The lowest BCUT2D eigenvalue weighted by Crippen LogP contribution is -2.22. The van der Waals surface area contributed by atoms with Gasteiger partial charge >= 0.3 is 0 Å². The molecule has 0 rings (SSSR count). The Hall–Kier alpha value is 0.570. The average molecular weight is 246 g/mol. The van der Waals surface area contributed by atoms with Gasteiger partial charge in [0.2, 0.25) is 3.79 Å². The van der Waals surface area contributed by atoms with Gasteiger partial charge in [0.25, 0.3) is 0 Å². The Morgan fingerprint density at radius 2 is 1.92 bits per heavy atom. The third-order valence-electron chi connectivity index (χ3n) is 1.63. The maximum atomic E-state index is 9.26. The molecule has 0 radical (unpaired) electrons. The molecular weight excluding hydrogens is 230 g/mol. The summed E-state index contributed by atoms with van der Waals surface area (Å²) >= 11 is 16.4. The summed E-state index contributed by atoms with van der Waals surface area (Å²) in [6.45, 7) is 2.14. The van der Waals surface area contributed by atoms with Crippen molar-refractivity contribution in [2.24, 2.45) is 0 Å². The van der Waals surface area contributed by atoms with Crippen LogP contribution in [0.3, 0.4) is 0 Å². The first kappa shape index (κ1) is 13.6. The van der Waals surface area contributed by atoms with E-state index < -0.39 is 9.90 Å². The molecule has 1 atom stereocenters. The SMILES string of the molecule is CCCCC/C=C/C(O)C(Cl)(Cl)Cl. The Morgan fingerprint density at radius 3 is 2.38 bits per heavy atom. The minimum atomic E-state index is -1.61. The van der Waals surface area contributed by atoms with Crippen molar-refractivity contribution >= 4 is 34.8 Å². The Balaban J connectivity index is 3.60. The van der Waals surface area contributed by atoms with E-state index in [-0.39, 0.29) is 0 Å². The summed E-state index contributed by atoms with van der Waals surface area (Å²) in [5, 5.41) is 9.26. The van der Waals surface area contributed by atoms with Crippen LogP contribution in [-0.4, -0.2) is 15.0 Å². The predicted octanol–water partition coefficient (Wildman–Crippen LogP) is 3.85. The van der Waals surface area contributed by atoms with Gasteiger partial charge in [-0.25, -0.2) is 0 Å². The van der Waals surface area contributed by atoms with Gasteiger partial charge in [-0.1, -0.05) is 66.7 Å². The van der Waals surface area contributed by atoms with Crippen molar-refractivity contribution in [2.75, 3.05) is 0 Å². The van der Waals surface area contributed by atoms with Crippen LogP contribution in [0.2, 0.25) is 0 Å². The first-order valence-electron chi connectivity index (χ1n) is 4.40. The third-order valence-corrected chi connectivity index (χ3v) is 2.30. The molecule has 4 heteroatoms.